The predicted octanol–water partition coefficient (Wildman–Crippen LogP) is 3.11. The van der Waals surface area contributed by atoms with Gasteiger partial charge in [-0.05, 0) is 47.0 Å². The summed E-state index contributed by atoms with van der Waals surface area (Å²) in [6.07, 6.45) is 1.02. The summed E-state index contributed by atoms with van der Waals surface area (Å²) in [6.45, 7) is 3.62. The number of aromatic carboxylic acids is 1. The van der Waals surface area contributed by atoms with Crippen molar-refractivity contribution in [2.45, 2.75) is 36.8 Å². The standard InChI is InChI=1S/C12H15BrO4S/c1-3-8(4-2)18(16,17)9-5-6-11(13)10(7-9)12(14)15/h5-8H,3-4H2,1-2H3,(H,14,15). The first-order valence-corrected chi connectivity index (χ1v) is 7.95. The van der Waals surface area contributed by atoms with Gasteiger partial charge in [-0.25, -0.2) is 13.2 Å². The zero-order chi connectivity index (χ0) is 13.9. The van der Waals surface area contributed by atoms with E-state index in [9.17, 15) is 13.2 Å². The van der Waals surface area contributed by atoms with E-state index in [1.807, 2.05) is 13.8 Å². The van der Waals surface area contributed by atoms with Gasteiger partial charge in [0.05, 0.1) is 15.7 Å². The minimum absolute atomic E-state index is 0.0398. The van der Waals surface area contributed by atoms with E-state index in [4.69, 9.17) is 5.11 Å². The Morgan fingerprint density at radius 2 is 1.89 bits per heavy atom. The van der Waals surface area contributed by atoms with Crippen LogP contribution in [0.2, 0.25) is 0 Å². The fraction of sp³-hybridized carbons (Fsp3) is 0.417. The molecule has 0 amide bonds. The topological polar surface area (TPSA) is 71.4 Å². The highest BCUT2D eigenvalue weighted by atomic mass is 79.9. The number of rotatable bonds is 5. The van der Waals surface area contributed by atoms with Crippen molar-refractivity contribution in [1.29, 1.82) is 0 Å². The summed E-state index contributed by atoms with van der Waals surface area (Å²) >= 11 is 3.09. The fourth-order valence-corrected chi connectivity index (χ4v) is 3.98. The Morgan fingerprint density at radius 1 is 1.33 bits per heavy atom. The monoisotopic (exact) mass is 334 g/mol. The summed E-state index contributed by atoms with van der Waals surface area (Å²) in [5.74, 6) is -1.15. The lowest BCUT2D eigenvalue weighted by Crippen LogP contribution is -2.20. The van der Waals surface area contributed by atoms with E-state index in [0.717, 1.165) is 0 Å². The maximum atomic E-state index is 12.3. The van der Waals surface area contributed by atoms with Gasteiger partial charge in [-0.1, -0.05) is 13.8 Å². The van der Waals surface area contributed by atoms with E-state index in [-0.39, 0.29) is 10.5 Å². The van der Waals surface area contributed by atoms with Crippen molar-refractivity contribution in [2.24, 2.45) is 0 Å². The highest BCUT2D eigenvalue weighted by molar-refractivity contribution is 9.10. The third kappa shape index (κ3) is 2.92. The van der Waals surface area contributed by atoms with Crippen LogP contribution in [0.4, 0.5) is 0 Å². The van der Waals surface area contributed by atoms with Crippen molar-refractivity contribution < 1.29 is 18.3 Å². The van der Waals surface area contributed by atoms with Gasteiger partial charge in [-0.2, -0.15) is 0 Å². The van der Waals surface area contributed by atoms with Gasteiger partial charge in [0.25, 0.3) is 0 Å². The zero-order valence-corrected chi connectivity index (χ0v) is 12.6. The van der Waals surface area contributed by atoms with Crippen LogP contribution in [0.3, 0.4) is 0 Å². The number of carboxylic acids is 1. The Hall–Kier alpha value is -0.880. The molecule has 100 valence electrons. The quantitative estimate of drug-likeness (QED) is 0.897. The van der Waals surface area contributed by atoms with E-state index >= 15 is 0 Å². The summed E-state index contributed by atoms with van der Waals surface area (Å²) in [5.41, 5.74) is -0.0398. The summed E-state index contributed by atoms with van der Waals surface area (Å²) in [5, 5.41) is 8.51. The van der Waals surface area contributed by atoms with Crippen molar-refractivity contribution in [2.75, 3.05) is 0 Å². The minimum Gasteiger partial charge on any atom is -0.478 e. The maximum absolute atomic E-state index is 12.3. The van der Waals surface area contributed by atoms with Crippen molar-refractivity contribution in [3.63, 3.8) is 0 Å². The molecule has 0 bridgehead atoms. The highest BCUT2D eigenvalue weighted by Gasteiger charge is 2.25. The van der Waals surface area contributed by atoms with Crippen LogP contribution in [-0.2, 0) is 9.84 Å². The van der Waals surface area contributed by atoms with Gasteiger partial charge < -0.3 is 5.11 Å². The molecule has 0 heterocycles. The Morgan fingerprint density at radius 3 is 2.33 bits per heavy atom. The average molecular weight is 335 g/mol. The molecular weight excluding hydrogens is 320 g/mol. The van der Waals surface area contributed by atoms with Gasteiger partial charge in [0.1, 0.15) is 0 Å². The second-order valence-electron chi connectivity index (χ2n) is 3.93. The molecule has 0 aliphatic heterocycles. The van der Waals surface area contributed by atoms with Crippen LogP contribution in [0.15, 0.2) is 27.6 Å². The van der Waals surface area contributed by atoms with Crippen molar-refractivity contribution in [3.8, 4) is 0 Å². The zero-order valence-electron chi connectivity index (χ0n) is 10.2. The van der Waals surface area contributed by atoms with Crippen molar-refractivity contribution in [3.05, 3.63) is 28.2 Å². The first-order chi connectivity index (χ1) is 8.34. The molecule has 0 radical (unpaired) electrons. The van der Waals surface area contributed by atoms with Crippen LogP contribution < -0.4 is 0 Å². The average Bonchev–Trinajstić information content (AvgIpc) is 2.30. The molecule has 1 rings (SSSR count). The summed E-state index contributed by atoms with van der Waals surface area (Å²) in [6, 6.07) is 4.10. The van der Waals surface area contributed by atoms with Crippen LogP contribution in [0.1, 0.15) is 37.0 Å². The molecule has 1 N–H and O–H groups in total. The summed E-state index contributed by atoms with van der Waals surface area (Å²) in [7, 11) is -3.46. The van der Waals surface area contributed by atoms with Gasteiger partial charge >= 0.3 is 5.97 Å². The Bertz CT molecular complexity index is 547. The Balaban J connectivity index is 3.34. The molecule has 0 saturated carbocycles. The Kier molecular flexibility index (Phi) is 4.92. The molecule has 0 aliphatic rings. The number of hydrogen-bond donors (Lipinski definition) is 1. The molecule has 0 saturated heterocycles. The SMILES string of the molecule is CCC(CC)S(=O)(=O)c1ccc(Br)c(C(=O)O)c1. The van der Waals surface area contributed by atoms with E-state index < -0.39 is 21.1 Å². The lowest BCUT2D eigenvalue weighted by molar-refractivity contribution is 0.0695. The molecule has 0 atom stereocenters. The van der Waals surface area contributed by atoms with Crippen LogP contribution in [0, 0.1) is 0 Å². The minimum atomic E-state index is -3.46. The number of benzene rings is 1. The van der Waals surface area contributed by atoms with Crippen LogP contribution in [0.25, 0.3) is 0 Å². The lowest BCUT2D eigenvalue weighted by Gasteiger charge is -2.14. The van der Waals surface area contributed by atoms with Gasteiger partial charge in [-0.3, -0.25) is 0 Å². The van der Waals surface area contributed by atoms with Gasteiger partial charge in [-0.15, -0.1) is 0 Å². The number of halogens is 1. The molecule has 4 nitrogen and oxygen atoms in total. The van der Waals surface area contributed by atoms with E-state index in [1.54, 1.807) is 0 Å². The van der Waals surface area contributed by atoms with Gasteiger partial charge in [0.2, 0.25) is 0 Å². The third-order valence-electron chi connectivity index (χ3n) is 2.85. The fourth-order valence-electron chi connectivity index (χ4n) is 1.77. The predicted molar refractivity (Wildman–Crippen MR) is 72.7 cm³/mol. The Labute approximate surface area is 115 Å². The molecule has 0 unspecified atom stereocenters. The molecule has 0 spiro atoms. The molecule has 1 aromatic carbocycles. The molecule has 0 fully saturated rings. The van der Waals surface area contributed by atoms with Crippen LogP contribution >= 0.6 is 15.9 Å². The number of carboxylic acid groups (broad SMARTS) is 1. The molecule has 1 aromatic rings. The van der Waals surface area contributed by atoms with E-state index in [1.165, 1.54) is 18.2 Å². The number of carbonyl (C=O) groups is 1. The molecule has 6 heteroatoms. The third-order valence-corrected chi connectivity index (χ3v) is 5.99. The molecule has 0 aliphatic carbocycles. The maximum Gasteiger partial charge on any atom is 0.336 e. The van der Waals surface area contributed by atoms with Gasteiger partial charge in [0, 0.05) is 4.47 Å². The number of sulfone groups is 1. The largest absolute Gasteiger partial charge is 0.478 e. The first kappa shape index (κ1) is 15.2. The molecule has 18 heavy (non-hydrogen) atoms. The van der Waals surface area contributed by atoms with Crippen molar-refractivity contribution in [1.82, 2.24) is 0 Å². The van der Waals surface area contributed by atoms with Crippen LogP contribution in [0.5, 0.6) is 0 Å². The van der Waals surface area contributed by atoms with E-state index in [0.29, 0.717) is 17.3 Å². The molecular formula is C12H15BrO4S. The van der Waals surface area contributed by atoms with E-state index in [2.05, 4.69) is 15.9 Å². The normalized spacial score (nSPS) is 11.8. The number of hydrogen-bond acceptors (Lipinski definition) is 3. The first-order valence-electron chi connectivity index (χ1n) is 5.61. The van der Waals surface area contributed by atoms with Crippen molar-refractivity contribution >= 4 is 31.7 Å². The summed E-state index contributed by atoms with van der Waals surface area (Å²) in [4.78, 5) is 11.1. The highest BCUT2D eigenvalue weighted by Crippen LogP contribution is 2.25. The van der Waals surface area contributed by atoms with Gasteiger partial charge in [0.15, 0.2) is 9.84 Å². The second-order valence-corrected chi connectivity index (χ2v) is 7.01. The van der Waals surface area contributed by atoms with Crippen LogP contribution in [-0.4, -0.2) is 24.7 Å². The lowest BCUT2D eigenvalue weighted by atomic mass is 10.2. The molecule has 0 aromatic heterocycles. The summed E-state index contributed by atoms with van der Waals surface area (Å²) < 4.78 is 24.9. The second kappa shape index (κ2) is 5.84. The smallest absolute Gasteiger partial charge is 0.336 e.